The summed E-state index contributed by atoms with van der Waals surface area (Å²) in [6.07, 6.45) is 0.0201. The average Bonchev–Trinajstić information content (AvgIpc) is 3.05. The second-order valence-corrected chi connectivity index (χ2v) is 7.35. The highest BCUT2D eigenvalue weighted by atomic mass is 32.1. The van der Waals surface area contributed by atoms with Crippen molar-refractivity contribution in [2.24, 2.45) is 4.99 Å². The lowest BCUT2D eigenvalue weighted by atomic mass is 10.2. The number of rotatable bonds is 4. The number of thiazole rings is 1. The predicted octanol–water partition coefficient (Wildman–Crippen LogP) is 3.06. The molecule has 2 heterocycles. The van der Waals surface area contributed by atoms with Gasteiger partial charge in [0.2, 0.25) is 0 Å². The monoisotopic (exact) mass is 434 g/mol. The molecule has 2 aromatic carbocycles. The highest BCUT2D eigenvalue weighted by molar-refractivity contribution is 7.16. The van der Waals surface area contributed by atoms with Crippen molar-refractivity contribution in [2.75, 3.05) is 20.3 Å². The first-order valence-corrected chi connectivity index (χ1v) is 9.82. The second-order valence-electron chi connectivity index (χ2n) is 6.34. The van der Waals surface area contributed by atoms with E-state index in [2.05, 4.69) is 9.73 Å². The fraction of sp³-hybridized carbons (Fsp3) is 0.250. The average molecular weight is 434 g/mol. The summed E-state index contributed by atoms with van der Waals surface area (Å²) in [4.78, 5) is 28.3. The van der Waals surface area contributed by atoms with E-state index in [1.165, 1.54) is 13.2 Å². The number of hydrogen-bond acceptors (Lipinski definition) is 6. The van der Waals surface area contributed by atoms with Crippen molar-refractivity contribution >= 4 is 33.4 Å². The molecule has 0 spiro atoms. The SMILES string of the molecule is COC(=O)CCn1c(=NC(=O)c2c(F)cccc2F)sc2cc3c(cc21)OCCO3. The molecule has 0 N–H and O–H groups in total. The first-order valence-electron chi connectivity index (χ1n) is 9.01. The van der Waals surface area contributed by atoms with Gasteiger partial charge in [0, 0.05) is 18.7 Å². The maximum absolute atomic E-state index is 14.0. The summed E-state index contributed by atoms with van der Waals surface area (Å²) in [7, 11) is 1.27. The molecule has 3 aromatic rings. The molecule has 1 aliphatic rings. The number of benzene rings is 2. The van der Waals surface area contributed by atoms with Crippen LogP contribution in [0.3, 0.4) is 0 Å². The molecule has 0 fully saturated rings. The number of fused-ring (bicyclic) bond motifs is 2. The standard InChI is InChI=1S/C20H16F2N2O5S/c1-27-17(25)5-6-24-13-9-14-15(29-8-7-28-14)10-16(13)30-20(24)23-19(26)18-11(21)3-2-4-12(18)22/h2-4,9-10H,5-8H2,1H3. The van der Waals surface area contributed by atoms with Crippen molar-refractivity contribution < 1.29 is 32.6 Å². The first kappa shape index (κ1) is 20.0. The van der Waals surface area contributed by atoms with Gasteiger partial charge in [-0.25, -0.2) is 8.78 Å². The molecule has 0 saturated heterocycles. The van der Waals surface area contributed by atoms with Gasteiger partial charge in [-0.3, -0.25) is 9.59 Å². The number of carbonyl (C=O) groups is 2. The van der Waals surface area contributed by atoms with E-state index in [0.29, 0.717) is 34.9 Å². The van der Waals surface area contributed by atoms with Gasteiger partial charge in [-0.2, -0.15) is 4.99 Å². The minimum Gasteiger partial charge on any atom is -0.486 e. The van der Waals surface area contributed by atoms with Gasteiger partial charge >= 0.3 is 5.97 Å². The number of methoxy groups -OCH3 is 1. The Bertz CT molecular complexity index is 1200. The molecule has 0 unspecified atom stereocenters. The zero-order chi connectivity index (χ0) is 21.3. The van der Waals surface area contributed by atoms with Crippen molar-refractivity contribution in [2.45, 2.75) is 13.0 Å². The highest BCUT2D eigenvalue weighted by Crippen LogP contribution is 2.35. The molecule has 0 aliphatic carbocycles. The molecule has 1 amide bonds. The third-order valence-electron chi connectivity index (χ3n) is 4.49. The van der Waals surface area contributed by atoms with Crippen LogP contribution in [0.2, 0.25) is 0 Å². The quantitative estimate of drug-likeness (QED) is 0.590. The van der Waals surface area contributed by atoms with Gasteiger partial charge in [0.05, 0.1) is 23.7 Å². The zero-order valence-corrected chi connectivity index (χ0v) is 16.6. The summed E-state index contributed by atoms with van der Waals surface area (Å²) in [5.74, 6) is -2.42. The van der Waals surface area contributed by atoms with Gasteiger partial charge in [-0.05, 0) is 12.1 Å². The smallest absolute Gasteiger partial charge is 0.307 e. The van der Waals surface area contributed by atoms with Crippen LogP contribution >= 0.6 is 11.3 Å². The fourth-order valence-corrected chi connectivity index (χ4v) is 4.12. The van der Waals surface area contributed by atoms with Crippen molar-refractivity contribution in [3.05, 3.63) is 52.3 Å². The third kappa shape index (κ3) is 3.78. The third-order valence-corrected chi connectivity index (χ3v) is 5.53. The van der Waals surface area contributed by atoms with Crippen LogP contribution in [0.25, 0.3) is 10.2 Å². The van der Waals surface area contributed by atoms with Crippen LogP contribution < -0.4 is 14.3 Å². The van der Waals surface area contributed by atoms with Crippen molar-refractivity contribution in [3.63, 3.8) is 0 Å². The Morgan fingerprint density at radius 3 is 2.50 bits per heavy atom. The first-order chi connectivity index (χ1) is 14.5. The van der Waals surface area contributed by atoms with Crippen molar-refractivity contribution in [3.8, 4) is 11.5 Å². The Kier molecular flexibility index (Phi) is 5.49. The lowest BCUT2D eigenvalue weighted by Crippen LogP contribution is -2.20. The molecular weight excluding hydrogens is 418 g/mol. The normalized spacial score (nSPS) is 13.5. The number of amides is 1. The Labute approximate surface area is 173 Å². The van der Waals surface area contributed by atoms with Crippen LogP contribution in [0.4, 0.5) is 8.78 Å². The Hall–Kier alpha value is -3.27. The Morgan fingerprint density at radius 1 is 1.17 bits per heavy atom. The van der Waals surface area contributed by atoms with Gasteiger partial charge in [0.15, 0.2) is 16.3 Å². The molecule has 0 radical (unpaired) electrons. The molecule has 0 bridgehead atoms. The molecule has 4 rings (SSSR count). The number of aromatic nitrogens is 1. The molecule has 1 aromatic heterocycles. The van der Waals surface area contributed by atoms with Gasteiger partial charge in [-0.1, -0.05) is 17.4 Å². The molecule has 0 atom stereocenters. The molecular formula is C20H16F2N2O5S. The second kappa shape index (κ2) is 8.23. The maximum Gasteiger partial charge on any atom is 0.307 e. The summed E-state index contributed by atoms with van der Waals surface area (Å²) in [6.45, 7) is 0.958. The van der Waals surface area contributed by atoms with E-state index >= 15 is 0 Å². The minimum absolute atomic E-state index is 0.0201. The summed E-state index contributed by atoms with van der Waals surface area (Å²) in [5.41, 5.74) is -0.0888. The number of esters is 1. The Morgan fingerprint density at radius 2 is 1.83 bits per heavy atom. The predicted molar refractivity (Wildman–Crippen MR) is 104 cm³/mol. The van der Waals surface area contributed by atoms with E-state index in [-0.39, 0.29) is 17.8 Å². The number of hydrogen-bond donors (Lipinski definition) is 0. The van der Waals surface area contributed by atoms with Gasteiger partial charge < -0.3 is 18.8 Å². The van der Waals surface area contributed by atoms with Gasteiger partial charge in [-0.15, -0.1) is 0 Å². The molecule has 7 nitrogen and oxygen atoms in total. The maximum atomic E-state index is 14.0. The molecule has 0 saturated carbocycles. The molecule has 10 heteroatoms. The van der Waals surface area contributed by atoms with Gasteiger partial charge in [0.1, 0.15) is 30.4 Å². The van der Waals surface area contributed by atoms with Crippen molar-refractivity contribution in [1.82, 2.24) is 4.57 Å². The van der Waals surface area contributed by atoms with Crippen molar-refractivity contribution in [1.29, 1.82) is 0 Å². The van der Waals surface area contributed by atoms with Crippen LogP contribution in [-0.2, 0) is 16.1 Å². The van der Waals surface area contributed by atoms with Crippen LogP contribution in [0, 0.1) is 11.6 Å². The van der Waals surface area contributed by atoms with E-state index in [9.17, 15) is 18.4 Å². The molecule has 30 heavy (non-hydrogen) atoms. The van der Waals surface area contributed by atoms with E-state index < -0.39 is 29.1 Å². The number of aryl methyl sites for hydroxylation is 1. The fourth-order valence-electron chi connectivity index (χ4n) is 3.06. The number of ether oxygens (including phenoxy) is 3. The van der Waals surface area contributed by atoms with E-state index in [1.807, 2.05) is 0 Å². The molecule has 1 aliphatic heterocycles. The highest BCUT2D eigenvalue weighted by Gasteiger charge is 2.20. The van der Waals surface area contributed by atoms with E-state index in [1.54, 1.807) is 16.7 Å². The topological polar surface area (TPSA) is 79.1 Å². The van der Waals surface area contributed by atoms with E-state index in [0.717, 1.165) is 23.5 Å². The van der Waals surface area contributed by atoms with Crippen LogP contribution in [-0.4, -0.2) is 36.8 Å². The number of nitrogens with zero attached hydrogens (tertiary/aromatic N) is 2. The summed E-state index contributed by atoms with van der Waals surface area (Å²) >= 11 is 1.13. The van der Waals surface area contributed by atoms with Crippen LogP contribution in [0.5, 0.6) is 11.5 Å². The van der Waals surface area contributed by atoms with Crippen LogP contribution in [0.15, 0.2) is 35.3 Å². The molecule has 156 valence electrons. The summed E-state index contributed by atoms with van der Waals surface area (Å²) in [6, 6.07) is 6.62. The Balaban J connectivity index is 1.85. The number of carbonyl (C=O) groups excluding carboxylic acids is 2. The zero-order valence-electron chi connectivity index (χ0n) is 15.8. The number of halogens is 2. The van der Waals surface area contributed by atoms with Crippen LogP contribution in [0.1, 0.15) is 16.8 Å². The lowest BCUT2D eigenvalue weighted by Gasteiger charge is -2.18. The lowest BCUT2D eigenvalue weighted by molar-refractivity contribution is -0.140. The summed E-state index contributed by atoms with van der Waals surface area (Å²) in [5, 5.41) is 0. The summed E-state index contributed by atoms with van der Waals surface area (Å²) < 4.78 is 46.2. The van der Waals surface area contributed by atoms with E-state index in [4.69, 9.17) is 9.47 Å². The minimum atomic E-state index is -1.05. The largest absolute Gasteiger partial charge is 0.486 e. The van der Waals surface area contributed by atoms with Gasteiger partial charge in [0.25, 0.3) is 5.91 Å².